The molecule has 0 saturated carbocycles. The smallest absolute Gasteiger partial charge is 0.279 e. The number of benzene rings is 2. The Bertz CT molecular complexity index is 1100. The van der Waals surface area contributed by atoms with E-state index in [9.17, 15) is 14.4 Å². The highest BCUT2D eigenvalue weighted by Crippen LogP contribution is 2.34. The van der Waals surface area contributed by atoms with E-state index in [2.05, 4.69) is 13.8 Å². The van der Waals surface area contributed by atoms with E-state index >= 15 is 0 Å². The highest BCUT2D eigenvalue weighted by Gasteiger charge is 2.37. The van der Waals surface area contributed by atoms with Crippen molar-refractivity contribution in [3.8, 4) is 16.9 Å². The molecule has 0 atom stereocenters. The molecule has 0 fully saturated rings. The zero-order valence-corrected chi connectivity index (χ0v) is 15.3. The molecule has 3 aromatic rings. The lowest BCUT2D eigenvalue weighted by Crippen LogP contribution is -2.28. The number of ketones is 2. The summed E-state index contributed by atoms with van der Waals surface area (Å²) < 4.78 is 3.39. The van der Waals surface area contributed by atoms with Crippen molar-refractivity contribution in [1.82, 2.24) is 9.36 Å². The fraction of sp³-hybridized carbons (Fsp3) is 0.227. The third-order valence-electron chi connectivity index (χ3n) is 4.92. The summed E-state index contributed by atoms with van der Waals surface area (Å²) in [5.74, 6) is -0.934. The van der Waals surface area contributed by atoms with E-state index in [1.807, 2.05) is 36.4 Å². The topological polar surface area (TPSA) is 61.1 Å². The molecule has 27 heavy (non-hydrogen) atoms. The number of hydrogen-bond acceptors (Lipinski definition) is 3. The second kappa shape index (κ2) is 6.50. The SMILES string of the molecule is CC(C)CCn1c(=O)c2c(n1-c1ccccc1)-c1ccccc1C(=O)C2=O. The van der Waals surface area contributed by atoms with Crippen LogP contribution in [0.15, 0.2) is 59.4 Å². The normalized spacial score (nSPS) is 13.0. The molecule has 4 rings (SSSR count). The standard InChI is InChI=1S/C22H20N2O3/c1-14(2)12-13-23-22(27)18-19(24(23)15-8-4-3-5-9-15)16-10-6-7-11-17(16)20(25)21(18)26/h3-11,14H,12-13H2,1-2H3. The van der Waals surface area contributed by atoms with E-state index in [-0.39, 0.29) is 5.56 Å². The second-order valence-corrected chi connectivity index (χ2v) is 7.19. The number of nitrogens with zero attached hydrogens (tertiary/aromatic N) is 2. The summed E-state index contributed by atoms with van der Waals surface area (Å²) in [5.41, 5.74) is 1.85. The van der Waals surface area contributed by atoms with Crippen LogP contribution in [-0.2, 0) is 6.54 Å². The van der Waals surface area contributed by atoms with E-state index in [1.54, 1.807) is 27.6 Å². The van der Waals surface area contributed by atoms with Gasteiger partial charge in [-0.3, -0.25) is 14.4 Å². The Hall–Kier alpha value is -3.21. The fourth-order valence-corrected chi connectivity index (χ4v) is 3.54. The van der Waals surface area contributed by atoms with Gasteiger partial charge >= 0.3 is 0 Å². The van der Waals surface area contributed by atoms with Crippen molar-refractivity contribution < 1.29 is 9.59 Å². The minimum atomic E-state index is -0.721. The zero-order chi connectivity index (χ0) is 19.1. The first-order valence-electron chi connectivity index (χ1n) is 9.10. The molecule has 1 aliphatic carbocycles. The Morgan fingerprint density at radius 2 is 1.44 bits per heavy atom. The van der Waals surface area contributed by atoms with Crippen LogP contribution in [0.2, 0.25) is 0 Å². The number of carbonyl (C=O) groups excluding carboxylic acids is 2. The van der Waals surface area contributed by atoms with Crippen molar-refractivity contribution in [3.05, 3.63) is 76.1 Å². The van der Waals surface area contributed by atoms with Crippen LogP contribution in [0.5, 0.6) is 0 Å². The molecule has 0 unspecified atom stereocenters. The van der Waals surface area contributed by atoms with Gasteiger partial charge in [-0.05, 0) is 24.5 Å². The maximum Gasteiger partial charge on any atom is 0.279 e. The number of para-hydroxylation sites is 1. The van der Waals surface area contributed by atoms with E-state index in [4.69, 9.17) is 0 Å². The van der Waals surface area contributed by atoms with Crippen molar-refractivity contribution in [2.24, 2.45) is 5.92 Å². The highest BCUT2D eigenvalue weighted by atomic mass is 16.2. The van der Waals surface area contributed by atoms with Crippen molar-refractivity contribution >= 4 is 11.6 Å². The summed E-state index contributed by atoms with van der Waals surface area (Å²) in [6, 6.07) is 16.5. The van der Waals surface area contributed by atoms with Gasteiger partial charge in [0.05, 0.1) is 11.4 Å². The average Bonchev–Trinajstić information content (AvgIpc) is 2.97. The summed E-state index contributed by atoms with van der Waals surface area (Å²) >= 11 is 0. The molecule has 0 radical (unpaired) electrons. The van der Waals surface area contributed by atoms with Crippen LogP contribution in [0.3, 0.4) is 0 Å². The summed E-state index contributed by atoms with van der Waals surface area (Å²) in [7, 11) is 0. The van der Waals surface area contributed by atoms with Crippen LogP contribution < -0.4 is 5.56 Å². The maximum absolute atomic E-state index is 13.2. The van der Waals surface area contributed by atoms with Crippen molar-refractivity contribution in [2.45, 2.75) is 26.8 Å². The number of aromatic nitrogens is 2. The van der Waals surface area contributed by atoms with Gasteiger partial charge in [0.2, 0.25) is 11.6 Å². The van der Waals surface area contributed by atoms with Crippen molar-refractivity contribution in [3.63, 3.8) is 0 Å². The average molecular weight is 360 g/mol. The molecule has 0 amide bonds. The molecule has 0 bridgehead atoms. The van der Waals surface area contributed by atoms with Crippen molar-refractivity contribution in [2.75, 3.05) is 0 Å². The van der Waals surface area contributed by atoms with Gasteiger partial charge in [0, 0.05) is 17.7 Å². The van der Waals surface area contributed by atoms with Crippen LogP contribution >= 0.6 is 0 Å². The molecule has 0 spiro atoms. The summed E-state index contributed by atoms with van der Waals surface area (Å²) in [5, 5.41) is 0. The molecule has 0 saturated heterocycles. The van der Waals surface area contributed by atoms with Gasteiger partial charge in [-0.15, -0.1) is 0 Å². The number of hydrogen-bond donors (Lipinski definition) is 0. The third-order valence-corrected chi connectivity index (χ3v) is 4.92. The molecule has 1 heterocycles. The van der Waals surface area contributed by atoms with Crippen LogP contribution in [0.1, 0.15) is 41.0 Å². The van der Waals surface area contributed by atoms with Crippen LogP contribution in [-0.4, -0.2) is 20.9 Å². The predicted octanol–water partition coefficient (Wildman–Crippen LogP) is 3.73. The van der Waals surface area contributed by atoms with Gasteiger partial charge in [0.15, 0.2) is 0 Å². The van der Waals surface area contributed by atoms with Gasteiger partial charge in [-0.1, -0.05) is 56.3 Å². The Balaban J connectivity index is 2.08. The lowest BCUT2D eigenvalue weighted by Gasteiger charge is -2.19. The number of fused-ring (bicyclic) bond motifs is 3. The van der Waals surface area contributed by atoms with Gasteiger partial charge in [-0.25, -0.2) is 9.36 Å². The van der Waals surface area contributed by atoms with Gasteiger partial charge in [0.1, 0.15) is 5.56 Å². The van der Waals surface area contributed by atoms with Crippen LogP contribution in [0.4, 0.5) is 0 Å². The zero-order valence-electron chi connectivity index (χ0n) is 15.3. The van der Waals surface area contributed by atoms with Crippen LogP contribution in [0.25, 0.3) is 16.9 Å². The molecule has 136 valence electrons. The van der Waals surface area contributed by atoms with Gasteiger partial charge in [0.25, 0.3) is 5.56 Å². The monoisotopic (exact) mass is 360 g/mol. The molecule has 5 nitrogen and oxygen atoms in total. The second-order valence-electron chi connectivity index (χ2n) is 7.19. The first-order valence-corrected chi connectivity index (χ1v) is 9.10. The first kappa shape index (κ1) is 17.2. The third kappa shape index (κ3) is 2.67. The molecule has 2 aromatic carbocycles. The van der Waals surface area contributed by atoms with E-state index in [1.165, 1.54) is 0 Å². The molecular formula is C22H20N2O3. The van der Waals surface area contributed by atoms with Crippen molar-refractivity contribution in [1.29, 1.82) is 0 Å². The Morgan fingerprint density at radius 3 is 2.11 bits per heavy atom. The summed E-state index contributed by atoms with van der Waals surface area (Å²) in [6.45, 7) is 4.65. The number of Topliss-reactive ketones (excluding diaryl/α,β-unsaturated/α-hetero) is 2. The van der Waals surface area contributed by atoms with Crippen LogP contribution in [0, 0.1) is 5.92 Å². The number of carbonyl (C=O) groups is 2. The maximum atomic E-state index is 13.2. The number of rotatable bonds is 4. The lowest BCUT2D eigenvalue weighted by atomic mass is 9.88. The first-order chi connectivity index (χ1) is 13.0. The predicted molar refractivity (Wildman–Crippen MR) is 104 cm³/mol. The van der Waals surface area contributed by atoms with E-state index in [0.717, 1.165) is 12.1 Å². The molecule has 1 aromatic heterocycles. The quantitative estimate of drug-likeness (QED) is 0.666. The molecule has 0 aliphatic heterocycles. The molecule has 5 heteroatoms. The molecule has 0 N–H and O–H groups in total. The van der Waals surface area contributed by atoms with E-state index < -0.39 is 17.1 Å². The lowest BCUT2D eigenvalue weighted by molar-refractivity contribution is 0.0814. The van der Waals surface area contributed by atoms with E-state index in [0.29, 0.717) is 29.3 Å². The van der Waals surface area contributed by atoms with Gasteiger partial charge < -0.3 is 0 Å². The molecule has 1 aliphatic rings. The minimum absolute atomic E-state index is 0.0219. The summed E-state index contributed by atoms with van der Waals surface area (Å²) in [6.07, 6.45) is 0.791. The largest absolute Gasteiger partial charge is 0.285 e. The fourth-order valence-electron chi connectivity index (χ4n) is 3.54. The minimum Gasteiger partial charge on any atom is -0.285 e. The Labute approximate surface area is 156 Å². The highest BCUT2D eigenvalue weighted by molar-refractivity contribution is 6.52. The Kier molecular flexibility index (Phi) is 4.15. The Morgan fingerprint density at radius 1 is 0.815 bits per heavy atom. The van der Waals surface area contributed by atoms with Gasteiger partial charge in [-0.2, -0.15) is 0 Å². The summed E-state index contributed by atoms with van der Waals surface area (Å²) in [4.78, 5) is 38.5. The molecular weight excluding hydrogens is 340 g/mol.